The Labute approximate surface area is 182 Å². The van der Waals surface area contributed by atoms with Crippen molar-refractivity contribution in [3.05, 3.63) is 59.7 Å². The summed E-state index contributed by atoms with van der Waals surface area (Å²) in [6.07, 6.45) is -4.48. The van der Waals surface area contributed by atoms with Crippen LogP contribution in [0.25, 0.3) is 11.4 Å². The van der Waals surface area contributed by atoms with Gasteiger partial charge in [-0.2, -0.15) is 13.2 Å². The van der Waals surface area contributed by atoms with Gasteiger partial charge in [-0.3, -0.25) is 4.79 Å². The van der Waals surface area contributed by atoms with Crippen LogP contribution in [0.2, 0.25) is 0 Å². The standard InChI is InChI=1S/C21H22F3N5OS/c1-20(2,3)14-9-7-13(8-10-14)18-27-28-19(29(18)25)31-12-17(30)26-16-6-4-5-15(11-16)21(22,23)24/h4-11H,12,25H2,1-3H3,(H,26,30). The molecule has 0 aliphatic heterocycles. The van der Waals surface area contributed by atoms with E-state index >= 15 is 0 Å². The molecule has 0 fully saturated rings. The van der Waals surface area contributed by atoms with Crippen LogP contribution >= 0.6 is 11.8 Å². The summed E-state index contributed by atoms with van der Waals surface area (Å²) >= 11 is 1.04. The first kappa shape index (κ1) is 22.7. The van der Waals surface area contributed by atoms with Gasteiger partial charge in [0.25, 0.3) is 0 Å². The molecule has 0 radical (unpaired) electrons. The molecule has 3 N–H and O–H groups in total. The molecule has 0 unspecified atom stereocenters. The second-order valence-electron chi connectivity index (χ2n) is 7.92. The molecule has 3 aromatic rings. The molecule has 3 rings (SSSR count). The summed E-state index contributed by atoms with van der Waals surface area (Å²) in [6.45, 7) is 6.35. The van der Waals surface area contributed by atoms with Crippen molar-refractivity contribution in [3.8, 4) is 11.4 Å². The van der Waals surface area contributed by atoms with Crippen molar-refractivity contribution in [2.75, 3.05) is 16.9 Å². The molecular weight excluding hydrogens is 427 g/mol. The molecule has 31 heavy (non-hydrogen) atoms. The summed E-state index contributed by atoms with van der Waals surface area (Å²) in [4.78, 5) is 12.2. The average molecular weight is 450 g/mol. The summed E-state index contributed by atoms with van der Waals surface area (Å²) in [6, 6.07) is 12.3. The van der Waals surface area contributed by atoms with E-state index in [4.69, 9.17) is 5.84 Å². The summed E-state index contributed by atoms with van der Waals surface area (Å²) in [7, 11) is 0. The zero-order valence-electron chi connectivity index (χ0n) is 17.2. The van der Waals surface area contributed by atoms with Gasteiger partial charge in [0, 0.05) is 11.3 Å². The molecule has 0 saturated carbocycles. The summed E-state index contributed by atoms with van der Waals surface area (Å²) in [5.41, 5.74) is 1.20. The molecular formula is C21H22F3N5OS. The molecule has 1 aromatic heterocycles. The Morgan fingerprint density at radius 2 is 1.74 bits per heavy atom. The number of carbonyl (C=O) groups is 1. The summed E-state index contributed by atoms with van der Waals surface area (Å²) in [5.74, 6) is 5.95. The van der Waals surface area contributed by atoms with E-state index in [0.29, 0.717) is 11.0 Å². The number of amides is 1. The number of nitrogens with two attached hydrogens (primary N) is 1. The van der Waals surface area contributed by atoms with Gasteiger partial charge in [-0.1, -0.05) is 62.9 Å². The molecule has 0 saturated heterocycles. The SMILES string of the molecule is CC(C)(C)c1ccc(-c2nnc(SCC(=O)Nc3cccc(C(F)(F)F)c3)n2N)cc1. The van der Waals surface area contributed by atoms with Gasteiger partial charge in [-0.25, -0.2) is 4.68 Å². The number of benzene rings is 2. The summed E-state index contributed by atoms with van der Waals surface area (Å²) in [5, 5.41) is 10.9. The van der Waals surface area contributed by atoms with Crippen LogP contribution in [0.3, 0.4) is 0 Å². The number of nitrogens with zero attached hydrogens (tertiary/aromatic N) is 3. The molecule has 164 valence electrons. The molecule has 10 heteroatoms. The third-order valence-electron chi connectivity index (χ3n) is 4.48. The first-order chi connectivity index (χ1) is 14.4. The maximum Gasteiger partial charge on any atom is 0.416 e. The lowest BCUT2D eigenvalue weighted by Crippen LogP contribution is -2.17. The van der Waals surface area contributed by atoms with Crippen molar-refractivity contribution < 1.29 is 18.0 Å². The predicted molar refractivity (Wildman–Crippen MR) is 115 cm³/mol. The lowest BCUT2D eigenvalue weighted by Gasteiger charge is -2.19. The number of nitrogen functional groups attached to an aromatic ring is 1. The Kier molecular flexibility index (Phi) is 6.30. The first-order valence-electron chi connectivity index (χ1n) is 9.36. The Morgan fingerprint density at radius 3 is 2.35 bits per heavy atom. The van der Waals surface area contributed by atoms with Gasteiger partial charge >= 0.3 is 6.18 Å². The Morgan fingerprint density at radius 1 is 1.06 bits per heavy atom. The van der Waals surface area contributed by atoms with Crippen LogP contribution in [0.5, 0.6) is 0 Å². The van der Waals surface area contributed by atoms with E-state index in [0.717, 1.165) is 29.5 Å². The molecule has 1 heterocycles. The van der Waals surface area contributed by atoms with Gasteiger partial charge in [-0.15, -0.1) is 10.2 Å². The second kappa shape index (κ2) is 8.62. The van der Waals surface area contributed by atoms with Crippen LogP contribution < -0.4 is 11.2 Å². The van der Waals surface area contributed by atoms with Crippen LogP contribution in [-0.2, 0) is 16.4 Å². The zero-order chi connectivity index (χ0) is 22.8. The fraction of sp³-hybridized carbons (Fsp3) is 0.286. The molecule has 0 atom stereocenters. The molecule has 0 aliphatic rings. The third-order valence-corrected chi connectivity index (χ3v) is 5.42. The Balaban J connectivity index is 1.64. The number of aromatic nitrogens is 3. The largest absolute Gasteiger partial charge is 0.416 e. The monoisotopic (exact) mass is 449 g/mol. The van der Waals surface area contributed by atoms with Gasteiger partial charge in [0.2, 0.25) is 11.1 Å². The Bertz CT molecular complexity index is 1070. The zero-order valence-corrected chi connectivity index (χ0v) is 18.0. The minimum absolute atomic E-state index is 0.0168. The van der Waals surface area contributed by atoms with Crippen molar-refractivity contribution >= 4 is 23.4 Å². The average Bonchev–Trinajstić information content (AvgIpc) is 3.06. The molecule has 1 amide bonds. The highest BCUT2D eigenvalue weighted by atomic mass is 32.2. The van der Waals surface area contributed by atoms with Gasteiger partial charge in [0.15, 0.2) is 5.82 Å². The maximum absolute atomic E-state index is 12.8. The number of thioether (sulfide) groups is 1. The van der Waals surface area contributed by atoms with Crippen molar-refractivity contribution in [2.24, 2.45) is 0 Å². The number of carbonyl (C=O) groups excluding carboxylic acids is 1. The predicted octanol–water partition coefficient (Wildman–Crippen LogP) is 4.71. The number of anilines is 1. The van der Waals surface area contributed by atoms with Crippen molar-refractivity contribution in [1.82, 2.24) is 14.9 Å². The van der Waals surface area contributed by atoms with E-state index in [1.165, 1.54) is 22.4 Å². The van der Waals surface area contributed by atoms with E-state index in [1.54, 1.807) is 0 Å². The highest BCUT2D eigenvalue weighted by molar-refractivity contribution is 7.99. The van der Waals surface area contributed by atoms with Gasteiger partial charge in [0.05, 0.1) is 11.3 Å². The quantitative estimate of drug-likeness (QED) is 0.435. The normalized spacial score (nSPS) is 12.1. The number of rotatable bonds is 5. The molecule has 2 aromatic carbocycles. The lowest BCUT2D eigenvalue weighted by molar-refractivity contribution is -0.137. The third kappa shape index (κ3) is 5.57. The van der Waals surface area contributed by atoms with Gasteiger partial charge < -0.3 is 11.2 Å². The number of halogens is 3. The van der Waals surface area contributed by atoms with Crippen molar-refractivity contribution in [1.29, 1.82) is 0 Å². The van der Waals surface area contributed by atoms with E-state index < -0.39 is 17.6 Å². The van der Waals surface area contributed by atoms with Crippen molar-refractivity contribution in [3.63, 3.8) is 0 Å². The molecule has 6 nitrogen and oxygen atoms in total. The number of hydrogen-bond donors (Lipinski definition) is 2. The number of hydrogen-bond acceptors (Lipinski definition) is 5. The highest BCUT2D eigenvalue weighted by Gasteiger charge is 2.30. The van der Waals surface area contributed by atoms with E-state index in [-0.39, 0.29) is 16.9 Å². The van der Waals surface area contributed by atoms with Gasteiger partial charge in [-0.05, 0) is 29.2 Å². The van der Waals surface area contributed by atoms with E-state index in [2.05, 4.69) is 36.3 Å². The van der Waals surface area contributed by atoms with Crippen LogP contribution in [0.15, 0.2) is 53.7 Å². The van der Waals surface area contributed by atoms with Crippen LogP contribution in [0.1, 0.15) is 31.9 Å². The van der Waals surface area contributed by atoms with E-state index in [1.807, 2.05) is 24.3 Å². The number of alkyl halides is 3. The van der Waals surface area contributed by atoms with Crippen LogP contribution in [0.4, 0.5) is 18.9 Å². The van der Waals surface area contributed by atoms with Gasteiger partial charge in [0.1, 0.15) is 0 Å². The minimum atomic E-state index is -4.48. The summed E-state index contributed by atoms with van der Waals surface area (Å²) < 4.78 is 39.7. The molecule has 0 aliphatic carbocycles. The topological polar surface area (TPSA) is 85.8 Å². The lowest BCUT2D eigenvalue weighted by atomic mass is 9.87. The Hall–Kier alpha value is -3.01. The fourth-order valence-electron chi connectivity index (χ4n) is 2.79. The van der Waals surface area contributed by atoms with Crippen LogP contribution in [-0.4, -0.2) is 26.5 Å². The number of nitrogens with one attached hydrogen (secondary N) is 1. The maximum atomic E-state index is 12.8. The van der Waals surface area contributed by atoms with E-state index in [9.17, 15) is 18.0 Å². The first-order valence-corrected chi connectivity index (χ1v) is 10.3. The highest BCUT2D eigenvalue weighted by Crippen LogP contribution is 2.31. The smallest absolute Gasteiger partial charge is 0.335 e. The van der Waals surface area contributed by atoms with Crippen LogP contribution in [0, 0.1) is 0 Å². The molecule has 0 bridgehead atoms. The van der Waals surface area contributed by atoms with Crippen molar-refractivity contribution in [2.45, 2.75) is 37.5 Å². The fourth-order valence-corrected chi connectivity index (χ4v) is 3.45. The minimum Gasteiger partial charge on any atom is -0.335 e. The molecule has 0 spiro atoms. The second-order valence-corrected chi connectivity index (χ2v) is 8.86.